The van der Waals surface area contributed by atoms with E-state index < -0.39 is 6.09 Å². The molecule has 2 aromatic rings. The summed E-state index contributed by atoms with van der Waals surface area (Å²) in [6.45, 7) is 0.729. The van der Waals surface area contributed by atoms with Crippen molar-refractivity contribution in [2.75, 3.05) is 18.6 Å². The SMILES string of the molecule is CN(C(=O)O)c1cc(Cl)cc2c1ncn2C1CCCCO1. The van der Waals surface area contributed by atoms with Gasteiger partial charge in [0, 0.05) is 18.7 Å². The molecular formula is C14H16ClN3O3. The summed E-state index contributed by atoms with van der Waals surface area (Å²) < 4.78 is 7.70. The first-order chi connectivity index (χ1) is 10.1. The van der Waals surface area contributed by atoms with E-state index in [1.807, 2.05) is 4.57 Å². The van der Waals surface area contributed by atoms with E-state index in [4.69, 9.17) is 21.4 Å². The number of halogens is 1. The van der Waals surface area contributed by atoms with Crippen LogP contribution in [0, 0.1) is 0 Å². The number of nitrogens with zero attached hydrogens (tertiary/aromatic N) is 3. The number of amides is 1. The molecule has 1 fully saturated rings. The molecule has 112 valence electrons. The van der Waals surface area contributed by atoms with E-state index in [9.17, 15) is 4.79 Å². The van der Waals surface area contributed by atoms with Crippen molar-refractivity contribution in [3.05, 3.63) is 23.5 Å². The number of anilines is 1. The zero-order valence-electron chi connectivity index (χ0n) is 11.6. The Bertz CT molecular complexity index is 679. The van der Waals surface area contributed by atoms with Crippen LogP contribution in [0.15, 0.2) is 18.5 Å². The molecule has 0 aliphatic carbocycles. The maximum atomic E-state index is 11.2. The Morgan fingerprint density at radius 3 is 3.00 bits per heavy atom. The van der Waals surface area contributed by atoms with Gasteiger partial charge in [-0.3, -0.25) is 4.90 Å². The number of imidazole rings is 1. The van der Waals surface area contributed by atoms with Crippen LogP contribution in [0.1, 0.15) is 25.5 Å². The molecule has 0 saturated carbocycles. The Hall–Kier alpha value is -1.79. The van der Waals surface area contributed by atoms with Crippen LogP contribution < -0.4 is 4.90 Å². The molecule has 0 spiro atoms. The fourth-order valence-corrected chi connectivity index (χ4v) is 2.82. The molecule has 2 heterocycles. The van der Waals surface area contributed by atoms with Crippen molar-refractivity contribution in [3.63, 3.8) is 0 Å². The van der Waals surface area contributed by atoms with E-state index in [0.717, 1.165) is 36.3 Å². The molecule has 1 aliphatic heterocycles. The van der Waals surface area contributed by atoms with E-state index in [0.29, 0.717) is 16.2 Å². The zero-order chi connectivity index (χ0) is 15.0. The summed E-state index contributed by atoms with van der Waals surface area (Å²) in [5, 5.41) is 9.64. The third-order valence-corrected chi connectivity index (χ3v) is 3.96. The number of aromatic nitrogens is 2. The normalized spacial score (nSPS) is 18.9. The van der Waals surface area contributed by atoms with Crippen LogP contribution in [0.5, 0.6) is 0 Å². The number of hydrogen-bond donors (Lipinski definition) is 1. The molecule has 1 aromatic carbocycles. The van der Waals surface area contributed by atoms with Gasteiger partial charge in [-0.1, -0.05) is 11.6 Å². The van der Waals surface area contributed by atoms with Crippen LogP contribution in [0.4, 0.5) is 10.5 Å². The molecule has 1 amide bonds. The molecule has 1 unspecified atom stereocenters. The van der Waals surface area contributed by atoms with Gasteiger partial charge in [-0.25, -0.2) is 9.78 Å². The van der Waals surface area contributed by atoms with Gasteiger partial charge in [0.05, 0.1) is 17.5 Å². The van der Waals surface area contributed by atoms with Crippen molar-refractivity contribution >= 4 is 34.4 Å². The molecule has 6 nitrogen and oxygen atoms in total. The average molecular weight is 310 g/mol. The lowest BCUT2D eigenvalue weighted by Gasteiger charge is -2.24. The largest absolute Gasteiger partial charge is 0.465 e. The molecule has 1 atom stereocenters. The molecule has 1 saturated heterocycles. The molecule has 1 N–H and O–H groups in total. The highest BCUT2D eigenvalue weighted by Crippen LogP contribution is 2.33. The van der Waals surface area contributed by atoms with Crippen LogP contribution in [-0.2, 0) is 4.74 Å². The Kier molecular flexibility index (Phi) is 3.73. The fourth-order valence-electron chi connectivity index (χ4n) is 2.61. The van der Waals surface area contributed by atoms with Crippen molar-refractivity contribution in [1.82, 2.24) is 9.55 Å². The fraction of sp³-hybridized carbons (Fsp3) is 0.429. The van der Waals surface area contributed by atoms with Gasteiger partial charge in [0.25, 0.3) is 0 Å². The minimum atomic E-state index is -1.05. The van der Waals surface area contributed by atoms with Gasteiger partial charge in [0.15, 0.2) is 0 Å². The summed E-state index contributed by atoms with van der Waals surface area (Å²) in [6.07, 6.45) is 3.66. The van der Waals surface area contributed by atoms with Gasteiger partial charge in [-0.15, -0.1) is 0 Å². The predicted octanol–water partition coefficient (Wildman–Crippen LogP) is 3.50. The van der Waals surface area contributed by atoms with Crippen molar-refractivity contribution in [2.24, 2.45) is 0 Å². The van der Waals surface area contributed by atoms with E-state index >= 15 is 0 Å². The summed E-state index contributed by atoms with van der Waals surface area (Å²) in [7, 11) is 1.48. The van der Waals surface area contributed by atoms with Crippen LogP contribution in [0.25, 0.3) is 11.0 Å². The molecule has 1 aromatic heterocycles. The average Bonchev–Trinajstić information content (AvgIpc) is 2.90. The molecule has 0 radical (unpaired) electrons. The van der Waals surface area contributed by atoms with Gasteiger partial charge in [0.1, 0.15) is 11.7 Å². The van der Waals surface area contributed by atoms with E-state index in [-0.39, 0.29) is 6.23 Å². The van der Waals surface area contributed by atoms with E-state index in [1.54, 1.807) is 18.5 Å². The van der Waals surface area contributed by atoms with Gasteiger partial charge in [-0.2, -0.15) is 0 Å². The lowest BCUT2D eigenvalue weighted by molar-refractivity contribution is -0.0295. The van der Waals surface area contributed by atoms with Gasteiger partial charge in [-0.05, 0) is 31.4 Å². The lowest BCUT2D eigenvalue weighted by atomic mass is 10.2. The summed E-state index contributed by atoms with van der Waals surface area (Å²) >= 11 is 6.14. The van der Waals surface area contributed by atoms with E-state index in [1.165, 1.54) is 7.05 Å². The van der Waals surface area contributed by atoms with Crippen LogP contribution in [-0.4, -0.2) is 34.4 Å². The zero-order valence-corrected chi connectivity index (χ0v) is 12.4. The molecule has 7 heteroatoms. The minimum absolute atomic E-state index is 0.0646. The van der Waals surface area contributed by atoms with Gasteiger partial charge < -0.3 is 14.4 Å². The topological polar surface area (TPSA) is 67.6 Å². The minimum Gasteiger partial charge on any atom is -0.465 e. The Balaban J connectivity index is 2.11. The highest BCUT2D eigenvalue weighted by Gasteiger charge is 2.21. The van der Waals surface area contributed by atoms with Crippen molar-refractivity contribution in [3.8, 4) is 0 Å². The number of hydrogen-bond acceptors (Lipinski definition) is 3. The number of carboxylic acid groups (broad SMARTS) is 1. The summed E-state index contributed by atoms with van der Waals surface area (Å²) in [6, 6.07) is 3.40. The van der Waals surface area contributed by atoms with Crippen LogP contribution in [0.2, 0.25) is 5.02 Å². The number of carbonyl (C=O) groups is 1. The van der Waals surface area contributed by atoms with E-state index in [2.05, 4.69) is 4.98 Å². The van der Waals surface area contributed by atoms with Gasteiger partial charge in [0.2, 0.25) is 0 Å². The summed E-state index contributed by atoms with van der Waals surface area (Å²) in [5.41, 5.74) is 1.87. The highest BCUT2D eigenvalue weighted by molar-refractivity contribution is 6.32. The third kappa shape index (κ3) is 2.56. The molecule has 1 aliphatic rings. The molecule has 3 rings (SSSR count). The smallest absolute Gasteiger partial charge is 0.411 e. The Labute approximate surface area is 126 Å². The molecule has 21 heavy (non-hydrogen) atoms. The first-order valence-corrected chi connectivity index (χ1v) is 7.20. The number of benzene rings is 1. The first kappa shape index (κ1) is 14.2. The van der Waals surface area contributed by atoms with Crippen molar-refractivity contribution in [2.45, 2.75) is 25.5 Å². The molecular weight excluding hydrogens is 294 g/mol. The first-order valence-electron chi connectivity index (χ1n) is 6.82. The summed E-state index contributed by atoms with van der Waals surface area (Å²) in [4.78, 5) is 16.7. The lowest BCUT2D eigenvalue weighted by Crippen LogP contribution is -2.24. The third-order valence-electron chi connectivity index (χ3n) is 3.74. The van der Waals surface area contributed by atoms with Crippen molar-refractivity contribution in [1.29, 1.82) is 0 Å². The van der Waals surface area contributed by atoms with Crippen molar-refractivity contribution < 1.29 is 14.6 Å². The number of fused-ring (bicyclic) bond motifs is 1. The van der Waals surface area contributed by atoms with Gasteiger partial charge >= 0.3 is 6.09 Å². The predicted molar refractivity (Wildman–Crippen MR) is 80.0 cm³/mol. The maximum Gasteiger partial charge on any atom is 0.411 e. The quantitative estimate of drug-likeness (QED) is 0.922. The Morgan fingerprint density at radius 2 is 2.33 bits per heavy atom. The Morgan fingerprint density at radius 1 is 1.52 bits per heavy atom. The number of rotatable bonds is 2. The second-order valence-corrected chi connectivity index (χ2v) is 5.54. The monoisotopic (exact) mass is 309 g/mol. The van der Waals surface area contributed by atoms with Crippen LogP contribution in [0.3, 0.4) is 0 Å². The highest BCUT2D eigenvalue weighted by atomic mass is 35.5. The second-order valence-electron chi connectivity index (χ2n) is 5.11. The van der Waals surface area contributed by atoms with Crippen LogP contribution >= 0.6 is 11.6 Å². The summed E-state index contributed by atoms with van der Waals surface area (Å²) in [5.74, 6) is 0. The second kappa shape index (κ2) is 5.54. The number of ether oxygens (including phenoxy) is 1. The maximum absolute atomic E-state index is 11.2. The molecule has 0 bridgehead atoms. The standard InChI is InChI=1S/C14H16ClN3O3/c1-17(14(19)20)10-6-9(15)7-11-13(10)16-8-18(11)12-4-2-3-5-21-12/h6-8,12H,2-5H2,1H3,(H,19,20).